The quantitative estimate of drug-likeness (QED) is 0.768. The summed E-state index contributed by atoms with van der Waals surface area (Å²) >= 11 is 12.0. The number of halogens is 2. The van der Waals surface area contributed by atoms with E-state index in [0.29, 0.717) is 18.8 Å². The van der Waals surface area contributed by atoms with E-state index in [4.69, 9.17) is 23.2 Å². The normalized spacial score (nSPS) is 16.1. The van der Waals surface area contributed by atoms with Crippen molar-refractivity contribution in [2.75, 3.05) is 26.2 Å². The first-order chi connectivity index (χ1) is 12.2. The number of carbonyl (C=O) groups excluding carboxylic acids is 1. The Labute approximate surface area is 162 Å². The van der Waals surface area contributed by atoms with E-state index in [1.807, 2.05) is 6.92 Å². The highest BCUT2D eigenvalue weighted by Crippen LogP contribution is 2.31. The van der Waals surface area contributed by atoms with Gasteiger partial charge in [0.05, 0.1) is 15.7 Å². The molecule has 1 aliphatic heterocycles. The number of amides is 1. The molecule has 1 aromatic carbocycles. The van der Waals surface area contributed by atoms with E-state index in [1.165, 1.54) is 21.1 Å². The Morgan fingerprint density at radius 1 is 1.15 bits per heavy atom. The lowest BCUT2D eigenvalue weighted by molar-refractivity contribution is 0.0687. The molecular weight excluding hydrogens is 399 g/mol. The van der Waals surface area contributed by atoms with E-state index in [9.17, 15) is 13.2 Å². The standard InChI is InChI=1S/C16H18Cl2N4O3S/c1-11-10-13(20(2)19-11)16(23)21-6-8-22(9-7-21)26(24,25)14-5-3-4-12(17)15(14)18/h3-5,10H,6-9H2,1-2H3. The number of aryl methyl sites for hydroxylation is 2. The molecule has 7 nitrogen and oxygen atoms in total. The van der Waals surface area contributed by atoms with Crippen LogP contribution in [0.2, 0.25) is 10.0 Å². The summed E-state index contributed by atoms with van der Waals surface area (Å²) in [7, 11) is -2.06. The fraction of sp³-hybridized carbons (Fsp3) is 0.375. The molecular formula is C16H18Cl2N4O3S. The molecule has 1 saturated heterocycles. The zero-order chi connectivity index (χ0) is 19.1. The van der Waals surface area contributed by atoms with Gasteiger partial charge in [-0.15, -0.1) is 0 Å². The molecule has 0 saturated carbocycles. The SMILES string of the molecule is Cc1cc(C(=O)N2CCN(S(=O)(=O)c3cccc(Cl)c3Cl)CC2)n(C)n1. The van der Waals surface area contributed by atoms with E-state index >= 15 is 0 Å². The maximum absolute atomic E-state index is 12.8. The molecule has 0 bridgehead atoms. The highest BCUT2D eigenvalue weighted by Gasteiger charge is 2.32. The minimum absolute atomic E-state index is 0.0121. The van der Waals surface area contributed by atoms with Crippen LogP contribution in [0, 0.1) is 6.92 Å². The van der Waals surface area contributed by atoms with Crippen LogP contribution >= 0.6 is 23.2 Å². The van der Waals surface area contributed by atoms with Crippen LogP contribution < -0.4 is 0 Å². The molecule has 3 rings (SSSR count). The summed E-state index contributed by atoms with van der Waals surface area (Å²) in [5.74, 6) is -0.161. The van der Waals surface area contributed by atoms with Gasteiger partial charge in [0, 0.05) is 33.2 Å². The average Bonchev–Trinajstić information content (AvgIpc) is 2.95. The van der Waals surface area contributed by atoms with Crippen molar-refractivity contribution in [1.29, 1.82) is 0 Å². The van der Waals surface area contributed by atoms with Crippen molar-refractivity contribution in [2.45, 2.75) is 11.8 Å². The Morgan fingerprint density at radius 2 is 1.81 bits per heavy atom. The number of rotatable bonds is 3. The van der Waals surface area contributed by atoms with Crippen molar-refractivity contribution in [3.8, 4) is 0 Å². The first-order valence-electron chi connectivity index (χ1n) is 7.96. The maximum atomic E-state index is 12.8. The number of aromatic nitrogens is 2. The highest BCUT2D eigenvalue weighted by molar-refractivity contribution is 7.89. The fourth-order valence-electron chi connectivity index (χ4n) is 2.93. The number of benzene rings is 1. The molecule has 0 atom stereocenters. The average molecular weight is 417 g/mol. The summed E-state index contributed by atoms with van der Waals surface area (Å²) in [4.78, 5) is 14.2. The minimum Gasteiger partial charge on any atom is -0.335 e. The lowest BCUT2D eigenvalue weighted by atomic mass is 10.3. The van der Waals surface area contributed by atoms with Gasteiger partial charge >= 0.3 is 0 Å². The van der Waals surface area contributed by atoms with Crippen molar-refractivity contribution in [2.24, 2.45) is 7.05 Å². The monoisotopic (exact) mass is 416 g/mol. The van der Waals surface area contributed by atoms with Crippen LogP contribution in [0.25, 0.3) is 0 Å². The number of piperazine rings is 1. The second-order valence-corrected chi connectivity index (χ2v) is 8.73. The molecule has 1 aromatic heterocycles. The van der Waals surface area contributed by atoms with Crippen molar-refractivity contribution in [1.82, 2.24) is 19.0 Å². The summed E-state index contributed by atoms with van der Waals surface area (Å²) in [6, 6.07) is 6.23. The molecule has 1 amide bonds. The summed E-state index contributed by atoms with van der Waals surface area (Å²) < 4.78 is 28.5. The largest absolute Gasteiger partial charge is 0.335 e. The topological polar surface area (TPSA) is 75.5 Å². The number of hydrogen-bond donors (Lipinski definition) is 0. The van der Waals surface area contributed by atoms with Crippen LogP contribution in [-0.4, -0.2) is 59.5 Å². The molecule has 0 unspecified atom stereocenters. The summed E-state index contributed by atoms with van der Waals surface area (Å²) in [5, 5.41) is 4.37. The van der Waals surface area contributed by atoms with Gasteiger partial charge in [-0.05, 0) is 25.1 Å². The summed E-state index contributed by atoms with van der Waals surface area (Å²) in [6.45, 7) is 2.78. The van der Waals surface area contributed by atoms with Crippen LogP contribution in [0.4, 0.5) is 0 Å². The van der Waals surface area contributed by atoms with Crippen LogP contribution in [0.1, 0.15) is 16.2 Å². The highest BCUT2D eigenvalue weighted by atomic mass is 35.5. The molecule has 2 aromatic rings. The molecule has 0 spiro atoms. The van der Waals surface area contributed by atoms with Gasteiger partial charge in [-0.2, -0.15) is 9.40 Å². The number of nitrogens with zero attached hydrogens (tertiary/aromatic N) is 4. The number of sulfonamides is 1. The van der Waals surface area contributed by atoms with Gasteiger partial charge in [0.2, 0.25) is 10.0 Å². The van der Waals surface area contributed by atoms with E-state index in [2.05, 4.69) is 5.10 Å². The zero-order valence-electron chi connectivity index (χ0n) is 14.3. The minimum atomic E-state index is -3.77. The Balaban J connectivity index is 1.75. The third-order valence-electron chi connectivity index (χ3n) is 4.28. The van der Waals surface area contributed by atoms with Gasteiger partial charge in [-0.1, -0.05) is 29.3 Å². The molecule has 10 heteroatoms. The van der Waals surface area contributed by atoms with E-state index in [1.54, 1.807) is 24.1 Å². The second kappa shape index (κ2) is 7.19. The lowest BCUT2D eigenvalue weighted by Gasteiger charge is -2.34. The smallest absolute Gasteiger partial charge is 0.272 e. The van der Waals surface area contributed by atoms with E-state index in [0.717, 1.165) is 5.69 Å². The van der Waals surface area contributed by atoms with Crippen LogP contribution in [0.5, 0.6) is 0 Å². The van der Waals surface area contributed by atoms with Gasteiger partial charge in [0.15, 0.2) is 0 Å². The number of hydrogen-bond acceptors (Lipinski definition) is 4. The first kappa shape index (κ1) is 19.2. The molecule has 0 radical (unpaired) electrons. The summed E-state index contributed by atoms with van der Waals surface area (Å²) in [6.07, 6.45) is 0. The van der Waals surface area contributed by atoms with Crippen LogP contribution in [-0.2, 0) is 17.1 Å². The Bertz CT molecular complexity index is 950. The van der Waals surface area contributed by atoms with Gasteiger partial charge in [0.1, 0.15) is 10.6 Å². The van der Waals surface area contributed by atoms with Gasteiger partial charge in [-0.25, -0.2) is 8.42 Å². The predicted molar refractivity (Wildman–Crippen MR) is 99.1 cm³/mol. The van der Waals surface area contributed by atoms with Crippen molar-refractivity contribution >= 4 is 39.1 Å². The molecule has 0 aliphatic carbocycles. The maximum Gasteiger partial charge on any atom is 0.272 e. The summed E-state index contributed by atoms with van der Waals surface area (Å²) in [5.41, 5.74) is 1.24. The van der Waals surface area contributed by atoms with Crippen LogP contribution in [0.15, 0.2) is 29.2 Å². The van der Waals surface area contributed by atoms with Gasteiger partial charge < -0.3 is 4.90 Å². The van der Waals surface area contributed by atoms with Crippen molar-refractivity contribution < 1.29 is 13.2 Å². The Morgan fingerprint density at radius 3 is 2.38 bits per heavy atom. The van der Waals surface area contributed by atoms with E-state index < -0.39 is 10.0 Å². The molecule has 2 heterocycles. The molecule has 1 fully saturated rings. The zero-order valence-corrected chi connectivity index (χ0v) is 16.6. The first-order valence-corrected chi connectivity index (χ1v) is 10.2. The molecule has 1 aliphatic rings. The molecule has 140 valence electrons. The van der Waals surface area contributed by atoms with Gasteiger partial charge in [-0.3, -0.25) is 9.48 Å². The third kappa shape index (κ3) is 3.46. The van der Waals surface area contributed by atoms with Crippen molar-refractivity contribution in [3.63, 3.8) is 0 Å². The molecule has 0 N–H and O–H groups in total. The van der Waals surface area contributed by atoms with E-state index in [-0.39, 0.29) is 33.9 Å². The fourth-order valence-corrected chi connectivity index (χ4v) is 5.08. The predicted octanol–water partition coefficient (Wildman–Crippen LogP) is 2.18. The van der Waals surface area contributed by atoms with Crippen LogP contribution in [0.3, 0.4) is 0 Å². The van der Waals surface area contributed by atoms with Gasteiger partial charge in [0.25, 0.3) is 5.91 Å². The Kier molecular flexibility index (Phi) is 5.30. The number of carbonyl (C=O) groups is 1. The van der Waals surface area contributed by atoms with Crippen molar-refractivity contribution in [3.05, 3.63) is 45.7 Å². The second-order valence-electron chi connectivity index (χ2n) is 6.04. The third-order valence-corrected chi connectivity index (χ3v) is 7.15. The molecule has 26 heavy (non-hydrogen) atoms. The lowest BCUT2D eigenvalue weighted by Crippen LogP contribution is -2.50. The Hall–Kier alpha value is -1.61.